The summed E-state index contributed by atoms with van der Waals surface area (Å²) in [5.41, 5.74) is 26.9. The summed E-state index contributed by atoms with van der Waals surface area (Å²) in [6.45, 7) is 4.77. The minimum atomic E-state index is -0.194. The Balaban J connectivity index is 0.911. The van der Waals surface area contributed by atoms with E-state index < -0.39 is 0 Å². The van der Waals surface area contributed by atoms with Gasteiger partial charge in [-0.25, -0.2) is 0 Å². The van der Waals surface area contributed by atoms with Crippen LogP contribution >= 0.6 is 0 Å². The number of benzene rings is 11. The van der Waals surface area contributed by atoms with Crippen LogP contribution in [0.15, 0.2) is 249 Å². The molecule has 0 N–H and O–H groups in total. The van der Waals surface area contributed by atoms with Crippen LogP contribution < -0.4 is 4.90 Å². The second-order valence-electron chi connectivity index (χ2n) is 20.3. The van der Waals surface area contributed by atoms with Crippen LogP contribution in [-0.2, 0) is 17.3 Å². The van der Waals surface area contributed by atoms with Gasteiger partial charge in [-0.1, -0.05) is 226 Å². The second kappa shape index (κ2) is 16.0. The summed E-state index contributed by atoms with van der Waals surface area (Å²) in [6, 6.07) is 93.1. The third-order valence-corrected chi connectivity index (χ3v) is 16.3. The summed E-state index contributed by atoms with van der Waals surface area (Å²) < 4.78 is 0. The van der Waals surface area contributed by atoms with E-state index in [2.05, 4.69) is 267 Å². The molecular weight excluding hydrogens is 855 g/mol. The predicted octanol–water partition coefficient (Wildman–Crippen LogP) is 18.5. The summed E-state index contributed by atoms with van der Waals surface area (Å²) in [5.74, 6) is 0. The average molecular weight is 906 g/mol. The minimum absolute atomic E-state index is 0.121. The van der Waals surface area contributed by atoms with Crippen molar-refractivity contribution in [1.29, 1.82) is 0 Å². The van der Waals surface area contributed by atoms with Crippen LogP contribution in [0.25, 0.3) is 77.5 Å². The van der Waals surface area contributed by atoms with Gasteiger partial charge >= 0.3 is 0 Å². The molecule has 336 valence electrons. The van der Waals surface area contributed by atoms with Gasteiger partial charge in [0.15, 0.2) is 0 Å². The number of aryl methyl sites for hydroxylation is 1. The lowest BCUT2D eigenvalue weighted by molar-refractivity contribution is 0.626. The average Bonchev–Trinajstić information content (AvgIpc) is 4.05. The molecule has 3 aliphatic rings. The third-order valence-electron chi connectivity index (χ3n) is 16.3. The van der Waals surface area contributed by atoms with E-state index in [1.807, 2.05) is 0 Å². The van der Waals surface area contributed by atoms with Crippen LogP contribution in [0.1, 0.15) is 53.6 Å². The predicted molar refractivity (Wildman–Crippen MR) is 298 cm³/mol. The molecule has 0 aliphatic heterocycles. The van der Waals surface area contributed by atoms with Gasteiger partial charge in [-0.3, -0.25) is 0 Å². The van der Waals surface area contributed by atoms with Crippen LogP contribution in [0.4, 0.5) is 17.1 Å². The molecule has 3 aliphatic carbocycles. The van der Waals surface area contributed by atoms with Gasteiger partial charge in [0.2, 0.25) is 0 Å². The summed E-state index contributed by atoms with van der Waals surface area (Å²) in [6.07, 6.45) is 2.13. The van der Waals surface area contributed by atoms with E-state index in [1.165, 1.54) is 111 Å². The van der Waals surface area contributed by atoms with E-state index in [0.29, 0.717) is 0 Å². The zero-order valence-electron chi connectivity index (χ0n) is 40.0. The Bertz CT molecular complexity index is 3890. The van der Waals surface area contributed by atoms with Crippen molar-refractivity contribution in [3.05, 3.63) is 282 Å². The third kappa shape index (κ3) is 6.25. The Morgan fingerprint density at radius 1 is 0.324 bits per heavy atom. The number of fused-ring (bicyclic) bond motifs is 11. The van der Waals surface area contributed by atoms with E-state index in [-0.39, 0.29) is 10.8 Å². The Morgan fingerprint density at radius 3 is 1.48 bits per heavy atom. The summed E-state index contributed by atoms with van der Waals surface area (Å²) >= 11 is 0. The zero-order chi connectivity index (χ0) is 47.3. The fraction of sp³-hybridized carbons (Fsp3) is 0.0857. The molecule has 0 amide bonds. The van der Waals surface area contributed by atoms with Crippen LogP contribution in [0, 0.1) is 0 Å². The Hall–Kier alpha value is -8.52. The highest BCUT2D eigenvalue weighted by Gasteiger charge is 2.48. The first-order valence-electron chi connectivity index (χ1n) is 25.2. The Morgan fingerprint density at radius 2 is 0.789 bits per heavy atom. The van der Waals surface area contributed by atoms with Crippen LogP contribution in [0.3, 0.4) is 0 Å². The lowest BCUT2D eigenvalue weighted by Crippen LogP contribution is -2.24. The van der Waals surface area contributed by atoms with E-state index in [0.717, 1.165) is 29.9 Å². The molecule has 1 spiro atoms. The molecule has 1 unspecified atom stereocenters. The number of rotatable bonds is 7. The van der Waals surface area contributed by atoms with Crippen LogP contribution in [-0.4, -0.2) is 0 Å². The van der Waals surface area contributed by atoms with Crippen molar-refractivity contribution >= 4 is 27.8 Å². The van der Waals surface area contributed by atoms with Gasteiger partial charge in [-0.05, 0) is 160 Å². The largest absolute Gasteiger partial charge is 0.310 e. The topological polar surface area (TPSA) is 3.24 Å². The SMILES string of the molecule is CC1(C)c2ccccc2-c2cccc(-c3ccccc3-c3ccc(N(c4ccc(-c5cccc6cccc(-c7ccccc7)c56)cc4)c4ccc5c(c4)C4(CCc6ccccc64)c4ccccc4-5)cc3)c21. The zero-order valence-corrected chi connectivity index (χ0v) is 40.0. The normalized spacial score (nSPS) is 15.5. The fourth-order valence-corrected chi connectivity index (χ4v) is 13.2. The quantitative estimate of drug-likeness (QED) is 0.154. The van der Waals surface area contributed by atoms with Crippen molar-refractivity contribution in [2.75, 3.05) is 4.90 Å². The molecule has 0 bridgehead atoms. The molecule has 0 saturated carbocycles. The van der Waals surface area contributed by atoms with Gasteiger partial charge in [0.05, 0.1) is 0 Å². The van der Waals surface area contributed by atoms with Gasteiger partial charge < -0.3 is 4.90 Å². The van der Waals surface area contributed by atoms with E-state index in [4.69, 9.17) is 0 Å². The fourth-order valence-electron chi connectivity index (χ4n) is 13.2. The van der Waals surface area contributed by atoms with Crippen molar-refractivity contribution < 1.29 is 0 Å². The lowest BCUT2D eigenvalue weighted by Gasteiger charge is -2.31. The van der Waals surface area contributed by atoms with Gasteiger partial charge in [0.1, 0.15) is 0 Å². The molecule has 0 saturated heterocycles. The number of nitrogens with zero attached hydrogens (tertiary/aromatic N) is 1. The molecule has 11 aromatic rings. The highest BCUT2D eigenvalue weighted by Crippen LogP contribution is 2.59. The maximum absolute atomic E-state index is 2.52. The van der Waals surface area contributed by atoms with Gasteiger partial charge in [0.25, 0.3) is 0 Å². The van der Waals surface area contributed by atoms with Crippen LogP contribution in [0.2, 0.25) is 0 Å². The van der Waals surface area contributed by atoms with Crippen molar-refractivity contribution in [3.8, 4) is 66.8 Å². The first kappa shape index (κ1) is 41.5. The first-order valence-corrected chi connectivity index (χ1v) is 25.2. The minimum Gasteiger partial charge on any atom is -0.310 e. The molecule has 0 aromatic heterocycles. The summed E-state index contributed by atoms with van der Waals surface area (Å²) in [4.78, 5) is 2.47. The molecular formula is C70H51N. The van der Waals surface area contributed by atoms with Crippen molar-refractivity contribution in [2.45, 2.75) is 37.5 Å². The molecule has 11 aromatic carbocycles. The molecule has 71 heavy (non-hydrogen) atoms. The molecule has 0 heterocycles. The van der Waals surface area contributed by atoms with Crippen molar-refractivity contribution in [3.63, 3.8) is 0 Å². The second-order valence-corrected chi connectivity index (χ2v) is 20.3. The molecule has 0 radical (unpaired) electrons. The van der Waals surface area contributed by atoms with Crippen molar-refractivity contribution in [2.24, 2.45) is 0 Å². The number of hydrogen-bond donors (Lipinski definition) is 0. The maximum Gasteiger partial charge on any atom is 0.0470 e. The molecule has 1 nitrogen and oxygen atoms in total. The molecule has 0 fully saturated rings. The van der Waals surface area contributed by atoms with Crippen LogP contribution in [0.5, 0.6) is 0 Å². The van der Waals surface area contributed by atoms with E-state index in [9.17, 15) is 0 Å². The smallest absolute Gasteiger partial charge is 0.0470 e. The maximum atomic E-state index is 2.52. The van der Waals surface area contributed by atoms with E-state index in [1.54, 1.807) is 0 Å². The lowest BCUT2D eigenvalue weighted by atomic mass is 9.73. The molecule has 1 heteroatoms. The van der Waals surface area contributed by atoms with Gasteiger partial charge in [-0.2, -0.15) is 0 Å². The van der Waals surface area contributed by atoms with E-state index >= 15 is 0 Å². The van der Waals surface area contributed by atoms with Crippen molar-refractivity contribution in [1.82, 2.24) is 0 Å². The Kier molecular flexibility index (Phi) is 9.35. The summed E-state index contributed by atoms with van der Waals surface area (Å²) in [7, 11) is 0. The molecule has 14 rings (SSSR count). The highest BCUT2D eigenvalue weighted by molar-refractivity contribution is 6.06. The van der Waals surface area contributed by atoms with Gasteiger partial charge in [-0.15, -0.1) is 0 Å². The number of anilines is 3. The highest BCUT2D eigenvalue weighted by atomic mass is 15.1. The van der Waals surface area contributed by atoms with Gasteiger partial charge in [0, 0.05) is 27.9 Å². The monoisotopic (exact) mass is 905 g/mol. The molecule has 1 atom stereocenters. The number of hydrogen-bond acceptors (Lipinski definition) is 1. The summed E-state index contributed by atoms with van der Waals surface area (Å²) in [5, 5.41) is 2.51. The Labute approximate surface area is 417 Å². The first-order chi connectivity index (χ1) is 35.0. The standard InChI is InChI=1S/C70H51N/c1-69(2)64-31-12-9-25-59(64)62-29-16-28-61(68(62)69)57-23-8-7-22-54(57)47-33-37-51(38-34-47)71(52-39-35-48(36-40-52)56-27-15-21-50-20-14-26-55(67(50)56)46-17-4-3-5-18-46)53-41-42-60-58-24-10-13-32-65(58)70(66(60)45-53)44-43-49-19-6-11-30-63(49)70/h3-42,45H,43-44H2,1-2H3.